The number of carboxylic acid groups (broad SMARTS) is 1. The molecule has 0 aliphatic carbocycles. The van der Waals surface area contributed by atoms with Gasteiger partial charge in [0.05, 0.1) is 6.33 Å². The van der Waals surface area contributed by atoms with Crippen molar-refractivity contribution in [2.45, 2.75) is 16.7 Å². The van der Waals surface area contributed by atoms with Gasteiger partial charge in [-0.15, -0.1) is 0 Å². The van der Waals surface area contributed by atoms with Gasteiger partial charge in [0.25, 0.3) is 0 Å². The predicted molar refractivity (Wildman–Crippen MR) is 62.6 cm³/mol. The minimum atomic E-state index is -0.897. The highest BCUT2D eigenvalue weighted by Crippen LogP contribution is 2.27. The van der Waals surface area contributed by atoms with Crippen molar-refractivity contribution in [2.75, 3.05) is 6.54 Å². The Morgan fingerprint density at radius 1 is 1.53 bits per heavy atom. The fraction of sp³-hybridized carbons (Fsp3) is 0.333. The van der Waals surface area contributed by atoms with E-state index in [1.807, 2.05) is 0 Å². The van der Waals surface area contributed by atoms with Gasteiger partial charge in [0.1, 0.15) is 22.1 Å². The third-order valence-electron chi connectivity index (χ3n) is 2.15. The SMILES string of the molecule is NCCC(Sc1ncnc2nc[nH]c12)C(=O)O. The number of fused-ring (bicyclic) bond motifs is 1. The Morgan fingerprint density at radius 3 is 3.06 bits per heavy atom. The molecule has 0 aliphatic rings. The number of imidazole rings is 1. The number of hydrogen-bond acceptors (Lipinski definition) is 6. The van der Waals surface area contributed by atoms with E-state index >= 15 is 0 Å². The van der Waals surface area contributed by atoms with E-state index in [-0.39, 0.29) is 0 Å². The lowest BCUT2D eigenvalue weighted by Crippen LogP contribution is -2.20. The molecule has 0 saturated carbocycles. The van der Waals surface area contributed by atoms with Crippen molar-refractivity contribution in [2.24, 2.45) is 5.73 Å². The van der Waals surface area contributed by atoms with Crippen LogP contribution in [0.5, 0.6) is 0 Å². The van der Waals surface area contributed by atoms with E-state index in [0.717, 1.165) is 11.8 Å². The van der Waals surface area contributed by atoms with Crippen LogP contribution in [-0.2, 0) is 4.79 Å². The molecule has 0 bridgehead atoms. The van der Waals surface area contributed by atoms with Gasteiger partial charge in [-0.25, -0.2) is 15.0 Å². The van der Waals surface area contributed by atoms with E-state index < -0.39 is 11.2 Å². The van der Waals surface area contributed by atoms with Crippen LogP contribution in [0.3, 0.4) is 0 Å². The van der Waals surface area contributed by atoms with E-state index in [0.29, 0.717) is 29.2 Å². The van der Waals surface area contributed by atoms with Gasteiger partial charge >= 0.3 is 5.97 Å². The standard InChI is InChI=1S/C9H11N5O2S/c10-2-1-5(9(15)16)17-8-6-7(12-3-11-6)13-4-14-8/h3-5H,1-2,10H2,(H,15,16)(H,11,12,13,14). The summed E-state index contributed by atoms with van der Waals surface area (Å²) in [5, 5.41) is 9.01. The second-order valence-electron chi connectivity index (χ2n) is 3.30. The molecule has 2 aromatic heterocycles. The molecule has 0 radical (unpaired) electrons. The number of H-pyrrole nitrogens is 1. The van der Waals surface area contributed by atoms with Crippen LogP contribution in [0, 0.1) is 0 Å². The molecule has 0 aromatic carbocycles. The van der Waals surface area contributed by atoms with Gasteiger partial charge in [0.2, 0.25) is 0 Å². The van der Waals surface area contributed by atoms with Crippen LogP contribution >= 0.6 is 11.8 Å². The number of hydrogen-bond donors (Lipinski definition) is 3. The average molecular weight is 253 g/mol. The van der Waals surface area contributed by atoms with Gasteiger partial charge in [-0.1, -0.05) is 11.8 Å². The number of carbonyl (C=O) groups is 1. The molecule has 17 heavy (non-hydrogen) atoms. The molecule has 0 fully saturated rings. The molecule has 0 saturated heterocycles. The summed E-state index contributed by atoms with van der Waals surface area (Å²) in [6, 6.07) is 0. The number of nitrogens with two attached hydrogens (primary N) is 1. The molecule has 7 nitrogen and oxygen atoms in total. The predicted octanol–water partition coefficient (Wildman–Crippen LogP) is 0.247. The van der Waals surface area contributed by atoms with Crippen LogP contribution in [-0.4, -0.2) is 42.8 Å². The van der Waals surface area contributed by atoms with Crippen LogP contribution < -0.4 is 5.73 Å². The molecule has 90 valence electrons. The van der Waals surface area contributed by atoms with E-state index in [1.165, 1.54) is 12.7 Å². The van der Waals surface area contributed by atoms with Crippen LogP contribution in [0.25, 0.3) is 11.2 Å². The first-order valence-corrected chi connectivity index (χ1v) is 5.84. The Hall–Kier alpha value is -1.67. The van der Waals surface area contributed by atoms with Crippen molar-refractivity contribution < 1.29 is 9.90 Å². The molecule has 2 heterocycles. The second kappa shape index (κ2) is 5.11. The zero-order chi connectivity index (χ0) is 12.3. The maximum Gasteiger partial charge on any atom is 0.317 e. The number of rotatable bonds is 5. The largest absolute Gasteiger partial charge is 0.480 e. The van der Waals surface area contributed by atoms with E-state index in [1.54, 1.807) is 0 Å². The number of aliphatic carboxylic acids is 1. The van der Waals surface area contributed by atoms with Gasteiger partial charge in [0.15, 0.2) is 5.65 Å². The number of nitrogens with zero attached hydrogens (tertiary/aromatic N) is 3. The van der Waals surface area contributed by atoms with Gasteiger partial charge in [-0.2, -0.15) is 0 Å². The summed E-state index contributed by atoms with van der Waals surface area (Å²) in [6.07, 6.45) is 3.26. The highest BCUT2D eigenvalue weighted by molar-refractivity contribution is 8.00. The first-order chi connectivity index (χ1) is 8.22. The van der Waals surface area contributed by atoms with E-state index in [2.05, 4.69) is 19.9 Å². The molecular weight excluding hydrogens is 242 g/mol. The molecule has 0 spiro atoms. The lowest BCUT2D eigenvalue weighted by atomic mass is 10.3. The summed E-state index contributed by atoms with van der Waals surface area (Å²) in [6.45, 7) is 0.321. The monoisotopic (exact) mass is 253 g/mol. The zero-order valence-corrected chi connectivity index (χ0v) is 9.65. The third-order valence-corrected chi connectivity index (χ3v) is 3.40. The Kier molecular flexibility index (Phi) is 3.55. The van der Waals surface area contributed by atoms with Crippen molar-refractivity contribution in [1.82, 2.24) is 19.9 Å². The number of aromatic amines is 1. The quantitative estimate of drug-likeness (QED) is 0.516. The topological polar surface area (TPSA) is 118 Å². The van der Waals surface area contributed by atoms with Crippen molar-refractivity contribution in [1.29, 1.82) is 0 Å². The minimum absolute atomic E-state index is 0.321. The number of carboxylic acids is 1. The minimum Gasteiger partial charge on any atom is -0.480 e. The highest BCUT2D eigenvalue weighted by Gasteiger charge is 2.20. The van der Waals surface area contributed by atoms with Gasteiger partial charge < -0.3 is 15.8 Å². The van der Waals surface area contributed by atoms with Crippen molar-refractivity contribution in [3.8, 4) is 0 Å². The van der Waals surface area contributed by atoms with E-state index in [9.17, 15) is 4.79 Å². The van der Waals surface area contributed by atoms with Crippen molar-refractivity contribution in [3.63, 3.8) is 0 Å². The number of aromatic nitrogens is 4. The third kappa shape index (κ3) is 2.53. The second-order valence-corrected chi connectivity index (χ2v) is 4.49. The van der Waals surface area contributed by atoms with Crippen LogP contribution in [0.15, 0.2) is 17.7 Å². The molecule has 2 aromatic rings. The smallest absolute Gasteiger partial charge is 0.317 e. The van der Waals surface area contributed by atoms with Crippen LogP contribution in [0.1, 0.15) is 6.42 Å². The average Bonchev–Trinajstić information content (AvgIpc) is 2.77. The van der Waals surface area contributed by atoms with Gasteiger partial charge in [-0.05, 0) is 13.0 Å². The first-order valence-electron chi connectivity index (χ1n) is 4.96. The molecule has 1 unspecified atom stereocenters. The summed E-state index contributed by atoms with van der Waals surface area (Å²) in [7, 11) is 0. The maximum atomic E-state index is 11.0. The Morgan fingerprint density at radius 2 is 2.35 bits per heavy atom. The molecule has 0 amide bonds. The Bertz CT molecular complexity index is 529. The molecular formula is C9H11N5O2S. The number of thioether (sulfide) groups is 1. The summed E-state index contributed by atoms with van der Waals surface area (Å²) in [5.41, 5.74) is 6.56. The lowest BCUT2D eigenvalue weighted by Gasteiger charge is -2.09. The molecule has 0 aliphatic heterocycles. The molecule has 2 rings (SSSR count). The fourth-order valence-corrected chi connectivity index (χ4v) is 2.35. The maximum absolute atomic E-state index is 11.0. The Balaban J connectivity index is 2.27. The first kappa shape index (κ1) is 11.8. The normalized spacial score (nSPS) is 12.8. The van der Waals surface area contributed by atoms with Gasteiger partial charge in [0, 0.05) is 0 Å². The van der Waals surface area contributed by atoms with Crippen molar-refractivity contribution >= 4 is 28.9 Å². The van der Waals surface area contributed by atoms with Crippen molar-refractivity contribution in [3.05, 3.63) is 12.7 Å². The molecule has 8 heteroatoms. The highest BCUT2D eigenvalue weighted by atomic mass is 32.2. The lowest BCUT2D eigenvalue weighted by molar-refractivity contribution is -0.136. The Labute approximate surface area is 101 Å². The summed E-state index contributed by atoms with van der Waals surface area (Å²) >= 11 is 1.15. The van der Waals surface area contributed by atoms with Crippen LogP contribution in [0.4, 0.5) is 0 Å². The fourth-order valence-electron chi connectivity index (χ4n) is 1.35. The van der Waals surface area contributed by atoms with E-state index in [4.69, 9.17) is 10.8 Å². The summed E-state index contributed by atoms with van der Waals surface area (Å²) in [5.74, 6) is -0.897. The summed E-state index contributed by atoms with van der Waals surface area (Å²) in [4.78, 5) is 25.9. The van der Waals surface area contributed by atoms with Crippen LogP contribution in [0.2, 0.25) is 0 Å². The van der Waals surface area contributed by atoms with Gasteiger partial charge in [-0.3, -0.25) is 4.79 Å². The summed E-state index contributed by atoms with van der Waals surface area (Å²) < 4.78 is 0. The number of nitrogens with one attached hydrogen (secondary N) is 1. The molecule has 1 atom stereocenters. The zero-order valence-electron chi connectivity index (χ0n) is 8.83. The molecule has 4 N–H and O–H groups in total.